The molecule has 0 aromatic heterocycles. The van der Waals surface area contributed by atoms with Gasteiger partial charge in [0.2, 0.25) is 0 Å². The number of nitrogens with zero attached hydrogens (tertiary/aromatic N) is 1. The standard InChI is InChI=1S/C36H37Cl2N3O4/c1-22-5-6-25-16-26(8-7-24(25)15-22)32-19-28(27-17-29(37)20-30(38)18-27)21-41(32)35(44)40-31-11-9-23(10-12-31)34(43)39-14-13-33(42)45-36(2,3)4/h5-12,15-18,20,28,32H,13-14,19,21H2,1-4H3,(H,39,43)(H,40,44)/t28-,32-/m1/s1. The Kier molecular flexibility index (Phi) is 9.70. The second-order valence-corrected chi connectivity index (χ2v) is 13.4. The van der Waals surface area contributed by atoms with E-state index in [-0.39, 0.29) is 42.8 Å². The molecule has 0 aliphatic carbocycles. The molecule has 1 aliphatic heterocycles. The summed E-state index contributed by atoms with van der Waals surface area (Å²) in [6, 6.07) is 24.5. The van der Waals surface area contributed by atoms with Crippen molar-refractivity contribution in [2.75, 3.05) is 18.4 Å². The van der Waals surface area contributed by atoms with Gasteiger partial charge in [-0.15, -0.1) is 0 Å². The number of nitrogens with one attached hydrogen (secondary N) is 2. The average molecular weight is 647 g/mol. The van der Waals surface area contributed by atoms with Gasteiger partial charge in [0.15, 0.2) is 0 Å². The number of hydrogen-bond donors (Lipinski definition) is 2. The molecule has 0 spiro atoms. The van der Waals surface area contributed by atoms with Gasteiger partial charge in [0.1, 0.15) is 5.60 Å². The molecule has 0 saturated carbocycles. The van der Waals surface area contributed by atoms with Crippen molar-refractivity contribution in [1.29, 1.82) is 0 Å². The Bertz CT molecular complexity index is 1710. The number of halogens is 2. The van der Waals surface area contributed by atoms with Gasteiger partial charge >= 0.3 is 12.0 Å². The number of urea groups is 1. The lowest BCUT2D eigenvalue weighted by Gasteiger charge is -2.25. The Morgan fingerprint density at radius 2 is 1.53 bits per heavy atom. The highest BCUT2D eigenvalue weighted by Gasteiger charge is 2.37. The summed E-state index contributed by atoms with van der Waals surface area (Å²) >= 11 is 12.7. The molecule has 2 N–H and O–H groups in total. The van der Waals surface area contributed by atoms with Crippen LogP contribution in [0.1, 0.15) is 72.6 Å². The van der Waals surface area contributed by atoms with Crippen LogP contribution >= 0.6 is 23.2 Å². The Morgan fingerprint density at radius 1 is 0.867 bits per heavy atom. The summed E-state index contributed by atoms with van der Waals surface area (Å²) in [6.07, 6.45) is 0.789. The van der Waals surface area contributed by atoms with E-state index in [9.17, 15) is 14.4 Å². The van der Waals surface area contributed by atoms with Crippen molar-refractivity contribution in [3.8, 4) is 0 Å². The Balaban J connectivity index is 1.30. The summed E-state index contributed by atoms with van der Waals surface area (Å²) in [4.78, 5) is 40.2. The zero-order chi connectivity index (χ0) is 32.3. The molecule has 0 bridgehead atoms. The van der Waals surface area contributed by atoms with Gasteiger partial charge in [-0.2, -0.15) is 0 Å². The van der Waals surface area contributed by atoms with Gasteiger partial charge in [-0.05, 0) is 105 Å². The zero-order valence-electron chi connectivity index (χ0n) is 25.8. The van der Waals surface area contributed by atoms with Crippen LogP contribution in [0.2, 0.25) is 10.0 Å². The molecule has 5 rings (SSSR count). The van der Waals surface area contributed by atoms with Crippen molar-refractivity contribution in [2.45, 2.75) is 58.1 Å². The van der Waals surface area contributed by atoms with Gasteiger partial charge in [-0.25, -0.2) is 4.79 Å². The fourth-order valence-electron chi connectivity index (χ4n) is 5.69. The molecule has 0 unspecified atom stereocenters. The van der Waals surface area contributed by atoms with Gasteiger partial charge in [0.05, 0.1) is 12.5 Å². The molecule has 7 nitrogen and oxygen atoms in total. The quantitative estimate of drug-likeness (QED) is 0.197. The van der Waals surface area contributed by atoms with Gasteiger partial charge in [-0.3, -0.25) is 9.59 Å². The Labute approximate surface area is 273 Å². The highest BCUT2D eigenvalue weighted by atomic mass is 35.5. The van der Waals surface area contributed by atoms with Crippen LogP contribution in [-0.2, 0) is 9.53 Å². The number of aryl methyl sites for hydroxylation is 1. The summed E-state index contributed by atoms with van der Waals surface area (Å²) in [5, 5.41) is 9.14. The fraction of sp³-hybridized carbons (Fsp3) is 0.306. The molecule has 45 heavy (non-hydrogen) atoms. The zero-order valence-corrected chi connectivity index (χ0v) is 27.3. The van der Waals surface area contributed by atoms with Gasteiger partial charge in [0, 0.05) is 40.3 Å². The van der Waals surface area contributed by atoms with Crippen LogP contribution in [0.15, 0.2) is 78.9 Å². The number of fused-ring (bicyclic) bond motifs is 1. The predicted molar refractivity (Wildman–Crippen MR) is 180 cm³/mol. The molecular weight excluding hydrogens is 609 g/mol. The van der Waals surface area contributed by atoms with Crippen molar-refractivity contribution >= 4 is 57.6 Å². The van der Waals surface area contributed by atoms with Crippen LogP contribution in [0, 0.1) is 6.92 Å². The number of ether oxygens (including phenoxy) is 1. The molecule has 9 heteroatoms. The average Bonchev–Trinajstić information content (AvgIpc) is 3.42. The van der Waals surface area contributed by atoms with Crippen LogP contribution < -0.4 is 10.6 Å². The number of benzene rings is 4. The molecule has 0 radical (unpaired) electrons. The van der Waals surface area contributed by atoms with Crippen molar-refractivity contribution in [1.82, 2.24) is 10.2 Å². The largest absolute Gasteiger partial charge is 0.460 e. The van der Waals surface area contributed by atoms with Crippen LogP contribution in [0.25, 0.3) is 10.8 Å². The molecule has 1 heterocycles. The number of amides is 3. The lowest BCUT2D eigenvalue weighted by molar-refractivity contribution is -0.154. The Hall–Kier alpha value is -4.07. The number of likely N-dealkylation sites (tertiary alicyclic amines) is 1. The Morgan fingerprint density at radius 3 is 2.22 bits per heavy atom. The topological polar surface area (TPSA) is 87.7 Å². The number of rotatable bonds is 7. The number of esters is 1. The summed E-state index contributed by atoms with van der Waals surface area (Å²) in [6.45, 7) is 8.11. The van der Waals surface area contributed by atoms with Crippen LogP contribution in [0.4, 0.5) is 10.5 Å². The summed E-state index contributed by atoms with van der Waals surface area (Å²) in [7, 11) is 0. The molecule has 1 saturated heterocycles. The molecule has 3 amide bonds. The first kappa shape index (κ1) is 32.3. The third kappa shape index (κ3) is 8.35. The van der Waals surface area contributed by atoms with Gasteiger partial charge in [0.25, 0.3) is 5.91 Å². The van der Waals surface area contributed by atoms with Crippen molar-refractivity contribution in [3.05, 3.63) is 111 Å². The van der Waals surface area contributed by atoms with E-state index in [1.165, 1.54) is 5.56 Å². The van der Waals surface area contributed by atoms with Crippen LogP contribution in [-0.4, -0.2) is 41.5 Å². The minimum absolute atomic E-state index is 0.0393. The molecule has 1 aliphatic rings. The van der Waals surface area contributed by atoms with E-state index in [4.69, 9.17) is 27.9 Å². The second-order valence-electron chi connectivity index (χ2n) is 12.5. The van der Waals surface area contributed by atoms with Crippen molar-refractivity contribution in [2.24, 2.45) is 0 Å². The van der Waals surface area contributed by atoms with E-state index < -0.39 is 5.60 Å². The first-order chi connectivity index (χ1) is 21.3. The SMILES string of the molecule is Cc1ccc2cc([C@H]3C[C@@H](c4cc(Cl)cc(Cl)c4)CN3C(=O)Nc3ccc(C(=O)NCCC(=O)OC(C)(C)C)cc3)ccc2c1. The number of anilines is 1. The van der Waals surface area contributed by atoms with E-state index in [1.807, 2.05) is 17.0 Å². The minimum Gasteiger partial charge on any atom is -0.460 e. The number of carbonyl (C=O) groups excluding carboxylic acids is 3. The summed E-state index contributed by atoms with van der Waals surface area (Å²) < 4.78 is 5.27. The van der Waals surface area contributed by atoms with E-state index in [0.29, 0.717) is 34.3 Å². The second kappa shape index (κ2) is 13.5. The van der Waals surface area contributed by atoms with Crippen molar-refractivity contribution in [3.63, 3.8) is 0 Å². The van der Waals surface area contributed by atoms with E-state index in [0.717, 1.165) is 21.9 Å². The van der Waals surface area contributed by atoms with Gasteiger partial charge in [-0.1, -0.05) is 59.1 Å². The lowest BCUT2D eigenvalue weighted by atomic mass is 9.93. The number of carbonyl (C=O) groups is 3. The van der Waals surface area contributed by atoms with E-state index in [2.05, 4.69) is 54.0 Å². The molecule has 234 valence electrons. The number of hydrogen-bond acceptors (Lipinski definition) is 4. The maximum atomic E-state index is 13.8. The minimum atomic E-state index is -0.574. The highest BCUT2D eigenvalue weighted by molar-refractivity contribution is 6.34. The molecule has 4 aromatic rings. The summed E-state index contributed by atoms with van der Waals surface area (Å²) in [5.74, 6) is -0.649. The van der Waals surface area contributed by atoms with Gasteiger partial charge < -0.3 is 20.3 Å². The molecule has 1 fully saturated rings. The molecule has 4 aromatic carbocycles. The van der Waals surface area contributed by atoms with Crippen molar-refractivity contribution < 1.29 is 19.1 Å². The first-order valence-corrected chi connectivity index (χ1v) is 15.7. The highest BCUT2D eigenvalue weighted by Crippen LogP contribution is 2.42. The fourth-order valence-corrected chi connectivity index (χ4v) is 6.24. The third-order valence-electron chi connectivity index (χ3n) is 7.76. The monoisotopic (exact) mass is 645 g/mol. The van der Waals surface area contributed by atoms with Crippen LogP contribution in [0.3, 0.4) is 0 Å². The lowest BCUT2D eigenvalue weighted by Crippen LogP contribution is -2.35. The normalized spacial score (nSPS) is 16.4. The maximum absolute atomic E-state index is 13.8. The molecule has 2 atom stereocenters. The van der Waals surface area contributed by atoms with E-state index >= 15 is 0 Å². The van der Waals surface area contributed by atoms with E-state index in [1.54, 1.807) is 51.1 Å². The van der Waals surface area contributed by atoms with Crippen LogP contribution in [0.5, 0.6) is 0 Å². The predicted octanol–water partition coefficient (Wildman–Crippen LogP) is 8.68. The third-order valence-corrected chi connectivity index (χ3v) is 8.19. The first-order valence-electron chi connectivity index (χ1n) is 15.0. The smallest absolute Gasteiger partial charge is 0.322 e. The molecular formula is C36H37Cl2N3O4. The summed E-state index contributed by atoms with van der Waals surface area (Å²) in [5.41, 5.74) is 3.64. The maximum Gasteiger partial charge on any atom is 0.322 e.